The third-order valence-corrected chi connectivity index (χ3v) is 11.5. The monoisotopic (exact) mass is 724 g/mol. The smallest absolute Gasteiger partial charge is 0.434 e. The first-order valence-electron chi connectivity index (χ1n) is 17.1. The van der Waals surface area contributed by atoms with Crippen LogP contribution < -0.4 is 15.8 Å². The lowest BCUT2D eigenvalue weighted by atomic mass is 9.92. The second-order valence-electron chi connectivity index (χ2n) is 13.3. The van der Waals surface area contributed by atoms with E-state index in [1.54, 1.807) is 19.4 Å². The first-order valence-corrected chi connectivity index (χ1v) is 17.9. The number of anilines is 1. The van der Waals surface area contributed by atoms with Gasteiger partial charge in [0, 0.05) is 23.2 Å². The summed E-state index contributed by atoms with van der Waals surface area (Å²) in [4.78, 5) is 38.9. The van der Waals surface area contributed by atoms with Gasteiger partial charge in [-0.05, 0) is 84.9 Å². The molecule has 0 saturated carbocycles. The fourth-order valence-corrected chi connectivity index (χ4v) is 9.19. The number of methoxy groups -OCH3 is 1. The van der Waals surface area contributed by atoms with Crippen LogP contribution in [-0.2, 0) is 25.4 Å². The summed E-state index contributed by atoms with van der Waals surface area (Å²) in [5.74, 6) is 0.584. The van der Waals surface area contributed by atoms with Gasteiger partial charge in [-0.25, -0.2) is 14.9 Å². The number of hydrogen-bond acceptors (Lipinski definition) is 9. The molecule has 2 aliphatic heterocycles. The number of ether oxygens (including phenoxy) is 1. The fourth-order valence-electron chi connectivity index (χ4n) is 8.03. The number of nitrogens with zero attached hydrogens (tertiary/aromatic N) is 4. The number of nitrogens with one attached hydrogen (secondary N) is 2. The van der Waals surface area contributed by atoms with Crippen LogP contribution in [0.15, 0.2) is 70.0 Å². The highest BCUT2D eigenvalue weighted by Gasteiger charge is 2.45. The first-order chi connectivity index (χ1) is 25.2. The molecule has 2 atom stereocenters. The largest absolute Gasteiger partial charge is 0.496 e. The lowest BCUT2D eigenvalue weighted by Crippen LogP contribution is -2.22. The Balaban J connectivity index is 1.19. The van der Waals surface area contributed by atoms with E-state index >= 15 is 0 Å². The van der Waals surface area contributed by atoms with Crippen molar-refractivity contribution in [2.75, 3.05) is 19.0 Å². The number of H-pyrrole nitrogens is 1. The van der Waals surface area contributed by atoms with Crippen molar-refractivity contribution in [1.82, 2.24) is 25.1 Å². The Kier molecular flexibility index (Phi) is 7.68. The molecule has 2 aromatic carbocycles. The van der Waals surface area contributed by atoms with Gasteiger partial charge in [0.15, 0.2) is 0 Å². The van der Waals surface area contributed by atoms with Crippen LogP contribution in [-0.4, -0.2) is 44.6 Å². The second-order valence-corrected chi connectivity index (χ2v) is 14.3. The Morgan fingerprint density at radius 2 is 1.92 bits per heavy atom. The van der Waals surface area contributed by atoms with Crippen LogP contribution in [0.1, 0.15) is 75.3 Å². The summed E-state index contributed by atoms with van der Waals surface area (Å²) in [5, 5.41) is 11.1. The highest BCUT2D eigenvalue weighted by atomic mass is 32.1. The number of pyridine rings is 2. The Bertz CT molecular complexity index is 2450. The van der Waals surface area contributed by atoms with E-state index < -0.39 is 17.5 Å². The number of benzene rings is 2. The summed E-state index contributed by atoms with van der Waals surface area (Å²) >= 11 is 1.46. The summed E-state index contributed by atoms with van der Waals surface area (Å²) in [6.45, 7) is 0.587. The number of alkyl halides is 3. The zero-order valence-corrected chi connectivity index (χ0v) is 28.7. The number of carbonyl (C=O) groups is 1. The third kappa shape index (κ3) is 5.35. The number of aromatic amines is 1. The molecule has 52 heavy (non-hydrogen) atoms. The van der Waals surface area contributed by atoms with Crippen LogP contribution in [0.25, 0.3) is 32.0 Å². The van der Waals surface area contributed by atoms with Gasteiger partial charge >= 0.3 is 11.9 Å². The normalized spacial score (nSPS) is 17.8. The van der Waals surface area contributed by atoms with E-state index in [1.165, 1.54) is 23.0 Å². The fraction of sp³-hybridized carbons (Fsp3) is 0.289. The van der Waals surface area contributed by atoms with E-state index in [9.17, 15) is 22.8 Å². The summed E-state index contributed by atoms with van der Waals surface area (Å²) < 4.78 is 52.8. The molecule has 264 valence electrons. The standard InChI is InChI=1S/C38H31F3N6O4S/c1-50-27-9-3-7-22-23(27)11-13-24(22)44-34-33-20(14-15-42-34)18-28(52-33)30-29(35-45-46-37(49)51-35)25(12-10-19-5-2-6-21(17-19)38(39,40)41)43-32-26-8-4-16-47(26)36(48)31(30)32/h2-3,5-7,9,14-15,17-18,24,26H,4,8,10-13,16H2,1H3,(H,42,44)(H,46,49)/t24-,26?/m1/s1. The van der Waals surface area contributed by atoms with Gasteiger partial charge in [-0.3, -0.25) is 9.78 Å². The summed E-state index contributed by atoms with van der Waals surface area (Å²) in [6.07, 6.45) is 1.00. The number of halogens is 3. The van der Waals surface area contributed by atoms with Crippen molar-refractivity contribution in [3.8, 4) is 27.6 Å². The minimum atomic E-state index is -4.48. The van der Waals surface area contributed by atoms with Crippen LogP contribution in [0.3, 0.4) is 0 Å². The molecule has 0 spiro atoms. The highest BCUT2D eigenvalue weighted by molar-refractivity contribution is 7.23. The molecule has 6 heterocycles. The zero-order chi connectivity index (χ0) is 35.7. The second kappa shape index (κ2) is 12.3. The molecule has 9 rings (SSSR count). The maximum Gasteiger partial charge on any atom is 0.434 e. The number of aryl methyl sites for hydroxylation is 2. The average Bonchev–Trinajstić information content (AvgIpc) is 3.98. The van der Waals surface area contributed by atoms with Gasteiger partial charge in [-0.15, -0.1) is 16.4 Å². The van der Waals surface area contributed by atoms with Crippen molar-refractivity contribution >= 4 is 33.1 Å². The average molecular weight is 725 g/mol. The van der Waals surface area contributed by atoms with Gasteiger partial charge in [0.2, 0.25) is 0 Å². The Morgan fingerprint density at radius 1 is 1.06 bits per heavy atom. The number of amides is 1. The minimum Gasteiger partial charge on any atom is -0.496 e. The SMILES string of the molecule is COc1cccc2c1CC[C@H]2Nc1nccc2cc(-c3c4c(nc(CCc5cccc(C(F)(F)F)c5)c3-c3n[nH]c(=O)o3)C3CCCN3C4=O)sc12. The Labute approximate surface area is 298 Å². The summed E-state index contributed by atoms with van der Waals surface area (Å²) in [6, 6.07) is 15.0. The van der Waals surface area contributed by atoms with Crippen LogP contribution in [0, 0.1) is 0 Å². The van der Waals surface area contributed by atoms with Crippen molar-refractivity contribution < 1.29 is 27.1 Å². The minimum absolute atomic E-state index is 0.0176. The van der Waals surface area contributed by atoms with E-state index in [1.807, 2.05) is 29.2 Å². The molecular weight excluding hydrogens is 694 g/mol. The number of fused-ring (bicyclic) bond motifs is 5. The first kappa shape index (κ1) is 32.4. The molecule has 14 heteroatoms. The Hall–Kier alpha value is -5.50. The lowest BCUT2D eigenvalue weighted by Gasteiger charge is -2.16. The third-order valence-electron chi connectivity index (χ3n) is 10.3. The lowest BCUT2D eigenvalue weighted by molar-refractivity contribution is -0.137. The molecule has 2 N–H and O–H groups in total. The molecule has 1 fully saturated rings. The van der Waals surface area contributed by atoms with E-state index in [2.05, 4.69) is 21.6 Å². The van der Waals surface area contributed by atoms with E-state index in [4.69, 9.17) is 19.1 Å². The molecule has 0 radical (unpaired) electrons. The maximum atomic E-state index is 14.2. The van der Waals surface area contributed by atoms with E-state index in [0.717, 1.165) is 64.1 Å². The summed E-state index contributed by atoms with van der Waals surface area (Å²) in [5.41, 5.74) is 4.52. The van der Waals surface area contributed by atoms with Crippen molar-refractivity contribution in [3.63, 3.8) is 0 Å². The molecular formula is C38H31F3N6O4S. The molecule has 10 nitrogen and oxygen atoms in total. The van der Waals surface area contributed by atoms with Gasteiger partial charge in [0.05, 0.1) is 52.0 Å². The molecule has 4 aromatic heterocycles. The van der Waals surface area contributed by atoms with Crippen LogP contribution >= 0.6 is 11.3 Å². The zero-order valence-electron chi connectivity index (χ0n) is 27.8. The molecule has 1 amide bonds. The van der Waals surface area contributed by atoms with Gasteiger partial charge in [0.1, 0.15) is 11.6 Å². The van der Waals surface area contributed by atoms with Crippen LogP contribution in [0.5, 0.6) is 5.75 Å². The van der Waals surface area contributed by atoms with Crippen molar-refractivity contribution in [3.05, 3.63) is 111 Å². The van der Waals surface area contributed by atoms with E-state index in [-0.39, 0.29) is 36.7 Å². The molecule has 3 aliphatic rings. The van der Waals surface area contributed by atoms with Crippen molar-refractivity contribution in [2.45, 2.75) is 56.8 Å². The quantitative estimate of drug-likeness (QED) is 0.162. The number of aromatic nitrogens is 4. The number of rotatable bonds is 8. The predicted molar refractivity (Wildman–Crippen MR) is 189 cm³/mol. The topological polar surface area (TPSA) is 126 Å². The highest BCUT2D eigenvalue weighted by Crippen LogP contribution is 2.50. The Morgan fingerprint density at radius 3 is 2.73 bits per heavy atom. The number of carbonyl (C=O) groups excluding carboxylic acids is 1. The van der Waals surface area contributed by atoms with E-state index in [0.29, 0.717) is 46.0 Å². The molecule has 0 bridgehead atoms. The van der Waals surface area contributed by atoms with Gasteiger partial charge < -0.3 is 19.4 Å². The van der Waals surface area contributed by atoms with Crippen molar-refractivity contribution in [1.29, 1.82) is 0 Å². The molecule has 1 saturated heterocycles. The van der Waals surface area contributed by atoms with Crippen LogP contribution in [0.4, 0.5) is 19.0 Å². The van der Waals surface area contributed by atoms with Gasteiger partial charge in [-0.1, -0.05) is 30.3 Å². The summed E-state index contributed by atoms with van der Waals surface area (Å²) in [7, 11) is 1.68. The van der Waals surface area contributed by atoms with Gasteiger partial charge in [-0.2, -0.15) is 13.2 Å². The number of thiophene rings is 1. The van der Waals surface area contributed by atoms with Gasteiger partial charge in [0.25, 0.3) is 11.8 Å². The van der Waals surface area contributed by atoms with Crippen molar-refractivity contribution in [2.24, 2.45) is 0 Å². The molecule has 1 unspecified atom stereocenters. The number of hydrogen-bond donors (Lipinski definition) is 2. The molecule has 1 aliphatic carbocycles. The molecule has 6 aromatic rings. The van der Waals surface area contributed by atoms with Crippen LogP contribution in [0.2, 0.25) is 0 Å². The predicted octanol–water partition coefficient (Wildman–Crippen LogP) is 7.90. The maximum absolute atomic E-state index is 14.2.